The molecule has 116 valence electrons. The van der Waals surface area contributed by atoms with Gasteiger partial charge in [-0.25, -0.2) is 0 Å². The largest absolute Gasteiger partial charge is 0.382 e. The van der Waals surface area contributed by atoms with Crippen molar-refractivity contribution < 1.29 is 4.79 Å². The van der Waals surface area contributed by atoms with Crippen molar-refractivity contribution >= 4 is 17.3 Å². The first kappa shape index (κ1) is 15.7. The van der Waals surface area contributed by atoms with Crippen LogP contribution in [0.15, 0.2) is 18.2 Å². The Bertz CT molecular complexity index is 497. The third-order valence-electron chi connectivity index (χ3n) is 4.27. The monoisotopic (exact) mass is 289 g/mol. The molecule has 0 aliphatic carbocycles. The first-order chi connectivity index (χ1) is 10.0. The van der Waals surface area contributed by atoms with E-state index in [-0.39, 0.29) is 5.91 Å². The normalized spacial score (nSPS) is 16.9. The molecule has 4 nitrogen and oxygen atoms in total. The molecule has 0 bridgehead atoms. The highest BCUT2D eigenvalue weighted by atomic mass is 16.2. The highest BCUT2D eigenvalue weighted by molar-refractivity contribution is 5.81. The van der Waals surface area contributed by atoms with E-state index in [9.17, 15) is 4.79 Å². The van der Waals surface area contributed by atoms with Gasteiger partial charge in [-0.1, -0.05) is 0 Å². The Labute approximate surface area is 128 Å². The summed E-state index contributed by atoms with van der Waals surface area (Å²) in [5.74, 6) is 0.187. The van der Waals surface area contributed by atoms with Crippen LogP contribution in [0.2, 0.25) is 0 Å². The van der Waals surface area contributed by atoms with Gasteiger partial charge in [0.15, 0.2) is 0 Å². The molecule has 1 aliphatic rings. The Balaban J connectivity index is 2.06. The number of nitrogens with one attached hydrogen (secondary N) is 1. The zero-order valence-electron chi connectivity index (χ0n) is 13.6. The van der Waals surface area contributed by atoms with Gasteiger partial charge in [-0.05, 0) is 57.4 Å². The fourth-order valence-electron chi connectivity index (χ4n) is 2.85. The van der Waals surface area contributed by atoms with E-state index < -0.39 is 0 Å². The van der Waals surface area contributed by atoms with Gasteiger partial charge in [-0.15, -0.1) is 0 Å². The Morgan fingerprint density at radius 1 is 1.33 bits per heavy atom. The summed E-state index contributed by atoms with van der Waals surface area (Å²) < 4.78 is 0. The van der Waals surface area contributed by atoms with Crippen LogP contribution >= 0.6 is 0 Å². The molecule has 0 aromatic heterocycles. The summed E-state index contributed by atoms with van der Waals surface area (Å²) >= 11 is 0. The molecule has 4 heteroatoms. The lowest BCUT2D eigenvalue weighted by Crippen LogP contribution is -2.38. The topological polar surface area (TPSA) is 35.6 Å². The number of hydrogen-bond donors (Lipinski definition) is 1. The van der Waals surface area contributed by atoms with Crippen LogP contribution < -0.4 is 10.2 Å². The standard InChI is InChI=1S/C17H27N3O/c1-5-20(6-2)17(21)12-19(4)15-9-10-16-14(11-15)8-7-13(3)18-16/h9-11,13,18H,5-8,12H2,1-4H3. The first-order valence-corrected chi connectivity index (χ1v) is 7.93. The Morgan fingerprint density at radius 3 is 2.71 bits per heavy atom. The van der Waals surface area contributed by atoms with E-state index in [0.29, 0.717) is 12.6 Å². The van der Waals surface area contributed by atoms with E-state index in [1.165, 1.54) is 17.7 Å². The molecule has 0 radical (unpaired) electrons. The summed E-state index contributed by atoms with van der Waals surface area (Å²) in [4.78, 5) is 16.1. The summed E-state index contributed by atoms with van der Waals surface area (Å²) in [5.41, 5.74) is 3.71. The highest BCUT2D eigenvalue weighted by Gasteiger charge is 2.17. The molecular weight excluding hydrogens is 262 g/mol. The first-order valence-electron chi connectivity index (χ1n) is 7.93. The minimum atomic E-state index is 0.187. The minimum absolute atomic E-state index is 0.187. The third-order valence-corrected chi connectivity index (χ3v) is 4.27. The predicted octanol–water partition coefficient (Wildman–Crippen LogP) is 2.74. The number of likely N-dealkylation sites (N-methyl/N-ethyl adjacent to an activating group) is 2. The SMILES string of the molecule is CCN(CC)C(=O)CN(C)c1ccc2c(c1)CCC(C)N2. The molecule has 1 aromatic carbocycles. The van der Waals surface area contributed by atoms with Gasteiger partial charge in [-0.2, -0.15) is 0 Å². The van der Waals surface area contributed by atoms with Crippen LogP contribution in [0.5, 0.6) is 0 Å². The summed E-state index contributed by atoms with van der Waals surface area (Å²) in [6, 6.07) is 6.99. The number of hydrogen-bond acceptors (Lipinski definition) is 3. The van der Waals surface area contributed by atoms with Crippen molar-refractivity contribution in [3.8, 4) is 0 Å². The van der Waals surface area contributed by atoms with Gasteiger partial charge in [0.2, 0.25) is 5.91 Å². The van der Waals surface area contributed by atoms with E-state index in [1.54, 1.807) is 0 Å². The van der Waals surface area contributed by atoms with Crippen molar-refractivity contribution in [3.05, 3.63) is 23.8 Å². The van der Waals surface area contributed by atoms with Gasteiger partial charge in [0, 0.05) is 37.6 Å². The number of benzene rings is 1. The average Bonchev–Trinajstić information content (AvgIpc) is 2.47. The summed E-state index contributed by atoms with van der Waals surface area (Å²) in [7, 11) is 1.99. The van der Waals surface area contributed by atoms with Crippen LogP contribution in [0.1, 0.15) is 32.8 Å². The van der Waals surface area contributed by atoms with E-state index in [1.807, 2.05) is 30.7 Å². The number of carbonyl (C=O) groups is 1. The molecular formula is C17H27N3O. The van der Waals surface area contributed by atoms with Gasteiger partial charge >= 0.3 is 0 Å². The van der Waals surface area contributed by atoms with E-state index in [4.69, 9.17) is 0 Å². The van der Waals surface area contributed by atoms with Crippen LogP contribution in [-0.4, -0.2) is 43.5 Å². The third kappa shape index (κ3) is 3.69. The Morgan fingerprint density at radius 2 is 2.05 bits per heavy atom. The Kier molecular flexibility index (Phi) is 5.10. The lowest BCUT2D eigenvalue weighted by molar-refractivity contribution is -0.129. The summed E-state index contributed by atoms with van der Waals surface area (Å²) in [6.45, 7) is 8.24. The molecule has 1 N–H and O–H groups in total. The zero-order chi connectivity index (χ0) is 15.4. The smallest absolute Gasteiger partial charge is 0.242 e. The molecule has 1 aliphatic heterocycles. The number of carbonyl (C=O) groups excluding carboxylic acids is 1. The van der Waals surface area contributed by atoms with Crippen LogP contribution in [0, 0.1) is 0 Å². The van der Waals surface area contributed by atoms with Gasteiger partial charge in [0.05, 0.1) is 6.54 Å². The maximum absolute atomic E-state index is 12.2. The maximum atomic E-state index is 12.2. The molecule has 2 rings (SSSR count). The van der Waals surface area contributed by atoms with Gasteiger partial charge in [-0.3, -0.25) is 4.79 Å². The zero-order valence-corrected chi connectivity index (χ0v) is 13.6. The van der Waals surface area contributed by atoms with Gasteiger partial charge < -0.3 is 15.1 Å². The summed E-state index contributed by atoms with van der Waals surface area (Å²) in [6.07, 6.45) is 2.27. The van der Waals surface area contributed by atoms with Crippen LogP contribution in [0.3, 0.4) is 0 Å². The second kappa shape index (κ2) is 6.83. The number of amides is 1. The molecule has 0 fully saturated rings. The second-order valence-electron chi connectivity index (χ2n) is 5.85. The lowest BCUT2D eigenvalue weighted by Gasteiger charge is -2.28. The van der Waals surface area contributed by atoms with E-state index in [0.717, 1.165) is 25.2 Å². The lowest BCUT2D eigenvalue weighted by atomic mass is 9.98. The van der Waals surface area contributed by atoms with Crippen LogP contribution in [0.4, 0.5) is 11.4 Å². The average molecular weight is 289 g/mol. The number of fused-ring (bicyclic) bond motifs is 1. The highest BCUT2D eigenvalue weighted by Crippen LogP contribution is 2.28. The van der Waals surface area contributed by atoms with Crippen LogP contribution in [-0.2, 0) is 11.2 Å². The number of aryl methyl sites for hydroxylation is 1. The number of rotatable bonds is 5. The minimum Gasteiger partial charge on any atom is -0.382 e. The second-order valence-corrected chi connectivity index (χ2v) is 5.85. The number of nitrogens with zero attached hydrogens (tertiary/aromatic N) is 2. The quantitative estimate of drug-likeness (QED) is 0.905. The molecule has 1 aromatic rings. The van der Waals surface area contributed by atoms with Crippen molar-refractivity contribution in [2.24, 2.45) is 0 Å². The van der Waals surface area contributed by atoms with Crippen molar-refractivity contribution in [1.29, 1.82) is 0 Å². The summed E-state index contributed by atoms with van der Waals surface area (Å²) in [5, 5.41) is 3.51. The van der Waals surface area contributed by atoms with Gasteiger partial charge in [0.1, 0.15) is 0 Å². The predicted molar refractivity (Wildman–Crippen MR) is 89.0 cm³/mol. The molecule has 1 amide bonds. The van der Waals surface area contributed by atoms with Crippen molar-refractivity contribution in [1.82, 2.24) is 4.90 Å². The molecule has 1 heterocycles. The molecule has 21 heavy (non-hydrogen) atoms. The maximum Gasteiger partial charge on any atom is 0.242 e. The van der Waals surface area contributed by atoms with E-state index >= 15 is 0 Å². The molecule has 0 saturated heterocycles. The van der Waals surface area contributed by atoms with Gasteiger partial charge in [0.25, 0.3) is 0 Å². The van der Waals surface area contributed by atoms with Crippen LogP contribution in [0.25, 0.3) is 0 Å². The number of anilines is 2. The molecule has 0 saturated carbocycles. The molecule has 0 spiro atoms. The van der Waals surface area contributed by atoms with Crippen molar-refractivity contribution in [2.75, 3.05) is 36.9 Å². The van der Waals surface area contributed by atoms with Crippen molar-refractivity contribution in [2.45, 2.75) is 39.7 Å². The molecule has 1 unspecified atom stereocenters. The fourth-order valence-corrected chi connectivity index (χ4v) is 2.85. The van der Waals surface area contributed by atoms with E-state index in [2.05, 4.69) is 30.4 Å². The fraction of sp³-hybridized carbons (Fsp3) is 0.588. The van der Waals surface area contributed by atoms with Crippen molar-refractivity contribution in [3.63, 3.8) is 0 Å². The Hall–Kier alpha value is -1.71. The molecule has 1 atom stereocenters.